The van der Waals surface area contributed by atoms with Crippen molar-refractivity contribution in [2.75, 3.05) is 6.61 Å². The van der Waals surface area contributed by atoms with E-state index in [1.54, 1.807) is 73.1 Å². The first-order valence-corrected chi connectivity index (χ1v) is 17.1. The summed E-state index contributed by atoms with van der Waals surface area (Å²) in [6.07, 6.45) is 1.65. The summed E-state index contributed by atoms with van der Waals surface area (Å²) in [5.41, 5.74) is 2.00. The molecule has 1 unspecified atom stereocenters. The lowest BCUT2D eigenvalue weighted by atomic mass is 10.1. The molecule has 1 N–H and O–H groups in total. The van der Waals surface area contributed by atoms with Gasteiger partial charge in [0.2, 0.25) is 0 Å². The Balaban J connectivity index is 0.000000532. The summed E-state index contributed by atoms with van der Waals surface area (Å²) in [6, 6.07) is 20.1. The van der Waals surface area contributed by atoms with Crippen LogP contribution in [0.25, 0.3) is 10.9 Å². The second kappa shape index (κ2) is 13.8. The molecule has 2 aromatic carbocycles. The molecule has 1 atom stereocenters. The van der Waals surface area contributed by atoms with Crippen molar-refractivity contribution < 1.29 is 22.3 Å². The lowest BCUT2D eigenvalue weighted by molar-refractivity contribution is -0.143. The molecule has 4 rings (SSSR count). The van der Waals surface area contributed by atoms with Crippen molar-refractivity contribution in [3.63, 3.8) is 0 Å². The number of carbonyl (C=O) groups is 1. The van der Waals surface area contributed by atoms with E-state index in [1.165, 1.54) is 30.3 Å². The lowest BCUT2D eigenvalue weighted by Gasteiger charge is -2.18. The first-order valence-electron chi connectivity index (χ1n) is 13.4. The van der Waals surface area contributed by atoms with Gasteiger partial charge in [0.05, 0.1) is 11.5 Å². The minimum atomic E-state index is -3.91. The van der Waals surface area contributed by atoms with Crippen LogP contribution in [0.4, 0.5) is 4.39 Å². The first-order chi connectivity index (χ1) is 18.7. The number of sulfone groups is 1. The first kappa shape index (κ1) is 30.4. The number of aromatic amines is 1. The molecule has 6 nitrogen and oxygen atoms in total. The van der Waals surface area contributed by atoms with E-state index in [1.807, 2.05) is 0 Å². The Morgan fingerprint density at radius 3 is 2.21 bits per heavy atom. The highest BCUT2D eigenvalue weighted by molar-refractivity contribution is 7.92. The van der Waals surface area contributed by atoms with Crippen LogP contribution in [-0.2, 0) is 25.9 Å². The fourth-order valence-electron chi connectivity index (χ4n) is 4.83. The average molecular weight is 570 g/mol. The number of nitrogens with zero attached hydrogens (tertiary/aromatic N) is 1. The number of benzene rings is 2. The molecule has 39 heavy (non-hydrogen) atoms. The number of esters is 1. The average Bonchev–Trinajstić information content (AvgIpc) is 3.54. The van der Waals surface area contributed by atoms with E-state index < -0.39 is 26.9 Å². The molecule has 0 spiro atoms. The molecule has 0 amide bonds. The summed E-state index contributed by atoms with van der Waals surface area (Å²) >= 11 is 0. The van der Waals surface area contributed by atoms with E-state index in [0.717, 1.165) is 0 Å². The maximum atomic E-state index is 14.3. The zero-order chi connectivity index (χ0) is 28.6. The van der Waals surface area contributed by atoms with Gasteiger partial charge in [0.25, 0.3) is 0 Å². The molecule has 0 saturated carbocycles. The van der Waals surface area contributed by atoms with E-state index in [4.69, 9.17) is 4.74 Å². The van der Waals surface area contributed by atoms with Crippen molar-refractivity contribution in [1.82, 2.24) is 9.55 Å². The van der Waals surface area contributed by atoms with E-state index in [-0.39, 0.29) is 26.8 Å². The third-order valence-electron chi connectivity index (χ3n) is 6.98. The molecule has 0 aliphatic rings. The SMILES string of the molecule is CCOC(=O)Cn1c(C)c(C(c2ccc[nH]2)S(=O)(=O)c2ccccc2)c2cc(F)ccc21.CC[Si](CC)CC. The monoisotopic (exact) mass is 569 g/mol. The van der Waals surface area contributed by atoms with E-state index in [0.29, 0.717) is 27.9 Å². The van der Waals surface area contributed by atoms with Crippen molar-refractivity contribution in [3.8, 4) is 0 Å². The Labute approximate surface area is 232 Å². The second-order valence-electron chi connectivity index (χ2n) is 9.23. The van der Waals surface area contributed by atoms with E-state index in [9.17, 15) is 17.6 Å². The number of nitrogens with one attached hydrogen (secondary N) is 1. The summed E-state index contributed by atoms with van der Waals surface area (Å²) in [4.78, 5) is 15.4. The number of hydrogen-bond donors (Lipinski definition) is 1. The molecule has 2 aromatic heterocycles. The van der Waals surface area contributed by atoms with Gasteiger partial charge in [0.15, 0.2) is 9.84 Å². The van der Waals surface area contributed by atoms with Crippen LogP contribution < -0.4 is 0 Å². The van der Waals surface area contributed by atoms with Gasteiger partial charge in [0.1, 0.15) is 17.6 Å². The predicted octanol–water partition coefficient (Wildman–Crippen LogP) is 7.08. The van der Waals surface area contributed by atoms with Gasteiger partial charge < -0.3 is 14.3 Å². The van der Waals surface area contributed by atoms with Gasteiger partial charge in [-0.25, -0.2) is 12.8 Å². The number of rotatable bonds is 10. The van der Waals surface area contributed by atoms with Gasteiger partial charge in [0, 0.05) is 42.8 Å². The maximum absolute atomic E-state index is 14.3. The number of H-pyrrole nitrogens is 1. The minimum Gasteiger partial charge on any atom is -0.465 e. The molecular formula is C30H38FN2O4SSi. The largest absolute Gasteiger partial charge is 0.465 e. The molecule has 0 aliphatic carbocycles. The van der Waals surface area contributed by atoms with Crippen molar-refractivity contribution in [3.05, 3.63) is 89.6 Å². The third-order valence-corrected chi connectivity index (χ3v) is 12.0. The Kier molecular flexibility index (Phi) is 10.7. The smallest absolute Gasteiger partial charge is 0.325 e. The number of hydrogen-bond acceptors (Lipinski definition) is 4. The highest BCUT2D eigenvalue weighted by Crippen LogP contribution is 2.41. The van der Waals surface area contributed by atoms with Gasteiger partial charge in [-0.05, 0) is 56.3 Å². The number of aromatic nitrogens is 2. The van der Waals surface area contributed by atoms with Gasteiger partial charge in [-0.2, -0.15) is 0 Å². The molecule has 4 aromatic rings. The Morgan fingerprint density at radius 2 is 1.67 bits per heavy atom. The van der Waals surface area contributed by atoms with Crippen LogP contribution in [0.15, 0.2) is 71.8 Å². The van der Waals surface area contributed by atoms with Gasteiger partial charge >= 0.3 is 5.97 Å². The Hall–Kier alpha value is -3.17. The normalized spacial score (nSPS) is 12.3. The van der Waals surface area contributed by atoms with Crippen molar-refractivity contribution in [1.29, 1.82) is 0 Å². The van der Waals surface area contributed by atoms with Crippen molar-refractivity contribution in [2.45, 2.75) is 69.4 Å². The number of halogens is 1. The molecule has 0 bridgehead atoms. The van der Waals surface area contributed by atoms with Crippen molar-refractivity contribution >= 4 is 35.5 Å². The van der Waals surface area contributed by atoms with Crippen LogP contribution in [0, 0.1) is 12.7 Å². The molecule has 0 fully saturated rings. The highest BCUT2D eigenvalue weighted by atomic mass is 32.2. The standard InChI is InChI=1S/C24H23FN2O4S.C6H15Si/c1-3-31-22(28)15-27-16(2)23(19-14-17(25)11-12-21(19)27)24(20-10-7-13-26-20)32(29,30)18-8-5-4-6-9-18;1-4-7(5-2)6-3/h4-14,24,26H,3,15H2,1-2H3;4-6H2,1-3H3. The van der Waals surface area contributed by atoms with Gasteiger partial charge in [-0.3, -0.25) is 4.79 Å². The summed E-state index contributed by atoms with van der Waals surface area (Å²) in [5, 5.41) is -0.682. The van der Waals surface area contributed by atoms with Crippen molar-refractivity contribution in [2.24, 2.45) is 0 Å². The molecule has 9 heteroatoms. The van der Waals surface area contributed by atoms with E-state index >= 15 is 0 Å². The number of carbonyl (C=O) groups excluding carboxylic acids is 1. The lowest BCUT2D eigenvalue weighted by Crippen LogP contribution is -2.18. The van der Waals surface area contributed by atoms with Crippen LogP contribution in [-0.4, -0.2) is 39.3 Å². The second-order valence-corrected chi connectivity index (χ2v) is 14.9. The fraction of sp³-hybridized carbons (Fsp3) is 0.367. The van der Waals surface area contributed by atoms with Gasteiger partial charge in [-0.1, -0.05) is 57.1 Å². The molecule has 1 radical (unpaired) electrons. The summed E-state index contributed by atoms with van der Waals surface area (Å²) in [5.74, 6) is -0.944. The molecule has 2 heterocycles. The minimum absolute atomic E-state index is 0.107. The molecular weight excluding hydrogens is 531 g/mol. The predicted molar refractivity (Wildman–Crippen MR) is 157 cm³/mol. The summed E-state index contributed by atoms with van der Waals surface area (Å²) < 4.78 is 48.7. The number of fused-ring (bicyclic) bond motifs is 1. The summed E-state index contributed by atoms with van der Waals surface area (Å²) in [6.45, 7) is 10.5. The number of ether oxygens (including phenoxy) is 1. The maximum Gasteiger partial charge on any atom is 0.325 e. The zero-order valence-corrected chi connectivity index (χ0v) is 25.1. The molecule has 0 aliphatic heterocycles. The van der Waals surface area contributed by atoms with Crippen LogP contribution in [0.1, 0.15) is 49.9 Å². The third kappa shape index (κ3) is 6.89. The van der Waals surface area contributed by atoms with Crippen LogP contribution in [0.5, 0.6) is 0 Å². The molecule has 209 valence electrons. The summed E-state index contributed by atoms with van der Waals surface area (Å²) in [7, 11) is -3.78. The Morgan fingerprint density at radius 1 is 1.00 bits per heavy atom. The zero-order valence-electron chi connectivity index (χ0n) is 23.3. The van der Waals surface area contributed by atoms with Crippen LogP contribution >= 0.6 is 0 Å². The van der Waals surface area contributed by atoms with Crippen LogP contribution in [0.2, 0.25) is 18.1 Å². The quantitative estimate of drug-likeness (QED) is 0.163. The highest BCUT2D eigenvalue weighted by Gasteiger charge is 2.36. The Bertz CT molecular complexity index is 1460. The topological polar surface area (TPSA) is 81.2 Å². The van der Waals surface area contributed by atoms with E-state index in [2.05, 4.69) is 25.8 Å². The van der Waals surface area contributed by atoms with Gasteiger partial charge in [-0.15, -0.1) is 0 Å². The van der Waals surface area contributed by atoms with Crippen LogP contribution in [0.3, 0.4) is 0 Å². The fourth-order valence-corrected chi connectivity index (χ4v) is 8.23. The molecule has 0 saturated heterocycles.